The van der Waals surface area contributed by atoms with E-state index in [1.54, 1.807) is 22.8 Å². The maximum absolute atomic E-state index is 11.9. The fraction of sp³-hybridized carbons (Fsp3) is 0.0667. The topological polar surface area (TPSA) is 20.9 Å². The molecule has 3 heteroatoms. The van der Waals surface area contributed by atoms with Gasteiger partial charge in [-0.25, -0.2) is 4.79 Å². The zero-order valence-electron chi connectivity index (χ0n) is 9.88. The Hall–Kier alpha value is -2.00. The van der Waals surface area contributed by atoms with Crippen LogP contribution in [0.15, 0.2) is 48.5 Å². The Morgan fingerprint density at radius 1 is 1.17 bits per heavy atom. The first-order valence-electron chi connectivity index (χ1n) is 5.69. The number of aromatic nitrogens is 1. The van der Waals surface area contributed by atoms with Crippen LogP contribution >= 0.6 is 11.3 Å². The van der Waals surface area contributed by atoms with E-state index < -0.39 is 0 Å². The van der Waals surface area contributed by atoms with Gasteiger partial charge in [-0.1, -0.05) is 18.2 Å². The highest BCUT2D eigenvalue weighted by Crippen LogP contribution is 2.27. The summed E-state index contributed by atoms with van der Waals surface area (Å²) >= 11 is 1.62. The second-order valence-corrected chi connectivity index (χ2v) is 5.04. The predicted molar refractivity (Wildman–Crippen MR) is 72.6 cm³/mol. The third-order valence-electron chi connectivity index (χ3n) is 2.77. The monoisotopic (exact) mass is 253 g/mol. The van der Waals surface area contributed by atoms with Gasteiger partial charge in [-0.2, -0.15) is 12.1 Å². The van der Waals surface area contributed by atoms with Crippen LogP contribution in [0.5, 0.6) is 0 Å². The summed E-state index contributed by atoms with van der Waals surface area (Å²) in [6, 6.07) is 18.9. The highest BCUT2D eigenvalue weighted by molar-refractivity contribution is 7.21. The van der Waals surface area contributed by atoms with E-state index in [2.05, 4.69) is 6.07 Å². The molecule has 18 heavy (non-hydrogen) atoms. The molecule has 3 rings (SSSR count). The molecule has 1 aromatic heterocycles. The third kappa shape index (κ3) is 1.73. The van der Waals surface area contributed by atoms with Gasteiger partial charge in [-0.15, -0.1) is 28.0 Å². The Kier molecular flexibility index (Phi) is 2.68. The number of rotatable bonds is 1. The number of para-hydroxylation sites is 1. The number of fused-ring (bicyclic) bond motifs is 1. The van der Waals surface area contributed by atoms with Crippen LogP contribution in [0.2, 0.25) is 0 Å². The van der Waals surface area contributed by atoms with Crippen molar-refractivity contribution in [1.82, 2.24) is 0 Å². The van der Waals surface area contributed by atoms with Crippen molar-refractivity contribution in [2.24, 2.45) is 0 Å². The SMILES string of the molecule is CC(=O)[n+]1c(-c2ccccc2)sc2ccc[c-]c21. The molecule has 0 fully saturated rings. The fourth-order valence-electron chi connectivity index (χ4n) is 1.99. The minimum absolute atomic E-state index is 0.0163. The Bertz CT molecular complexity index is 716. The normalized spacial score (nSPS) is 10.7. The summed E-state index contributed by atoms with van der Waals surface area (Å²) in [4.78, 5) is 11.9. The second-order valence-electron chi connectivity index (χ2n) is 4.01. The van der Waals surface area contributed by atoms with Crippen molar-refractivity contribution in [3.8, 4) is 10.6 Å². The summed E-state index contributed by atoms with van der Waals surface area (Å²) in [7, 11) is 0. The van der Waals surface area contributed by atoms with Crippen LogP contribution in [-0.4, -0.2) is 5.91 Å². The summed E-state index contributed by atoms with van der Waals surface area (Å²) < 4.78 is 2.81. The number of nitrogens with zero attached hydrogens (tertiary/aromatic N) is 1. The lowest BCUT2D eigenvalue weighted by Crippen LogP contribution is -2.40. The van der Waals surface area contributed by atoms with Crippen molar-refractivity contribution >= 4 is 27.5 Å². The van der Waals surface area contributed by atoms with Gasteiger partial charge in [-0.05, 0) is 16.8 Å². The van der Waals surface area contributed by atoms with Crippen molar-refractivity contribution in [3.63, 3.8) is 0 Å². The maximum Gasteiger partial charge on any atom is 0.388 e. The highest BCUT2D eigenvalue weighted by Gasteiger charge is 2.21. The van der Waals surface area contributed by atoms with E-state index in [1.165, 1.54) is 0 Å². The van der Waals surface area contributed by atoms with Crippen molar-refractivity contribution < 1.29 is 9.36 Å². The molecule has 0 amide bonds. The molecule has 0 saturated carbocycles. The van der Waals surface area contributed by atoms with Crippen LogP contribution in [-0.2, 0) is 0 Å². The van der Waals surface area contributed by atoms with Gasteiger partial charge in [0.1, 0.15) is 5.52 Å². The molecule has 0 bridgehead atoms. The minimum Gasteiger partial charge on any atom is -0.220 e. The Balaban J connectivity index is 2.36. The Morgan fingerprint density at radius 2 is 1.94 bits per heavy atom. The Morgan fingerprint density at radius 3 is 2.67 bits per heavy atom. The van der Waals surface area contributed by atoms with E-state index >= 15 is 0 Å². The van der Waals surface area contributed by atoms with Crippen molar-refractivity contribution in [1.29, 1.82) is 0 Å². The van der Waals surface area contributed by atoms with Gasteiger partial charge < -0.3 is 0 Å². The van der Waals surface area contributed by atoms with Crippen molar-refractivity contribution in [2.45, 2.75) is 6.92 Å². The molecule has 0 spiro atoms. The maximum atomic E-state index is 11.9. The molecule has 3 aromatic rings. The summed E-state index contributed by atoms with van der Waals surface area (Å²) in [6.07, 6.45) is 0. The molecule has 2 nitrogen and oxygen atoms in total. The second kappa shape index (κ2) is 4.35. The van der Waals surface area contributed by atoms with Crippen molar-refractivity contribution in [2.75, 3.05) is 0 Å². The van der Waals surface area contributed by atoms with Gasteiger partial charge in [0.2, 0.25) is 0 Å². The van der Waals surface area contributed by atoms with Gasteiger partial charge in [0, 0.05) is 0 Å². The molecule has 88 valence electrons. The predicted octanol–water partition coefficient (Wildman–Crippen LogP) is 3.32. The third-order valence-corrected chi connectivity index (χ3v) is 3.93. The number of hydrogen-bond donors (Lipinski definition) is 0. The lowest BCUT2D eigenvalue weighted by Gasteiger charge is -1.96. The largest absolute Gasteiger partial charge is 0.388 e. The van der Waals surface area contributed by atoms with Gasteiger partial charge in [-0.3, -0.25) is 0 Å². The first-order chi connectivity index (χ1) is 8.77. The van der Waals surface area contributed by atoms with Crippen LogP contribution in [0, 0.1) is 6.07 Å². The van der Waals surface area contributed by atoms with Crippen LogP contribution in [0.25, 0.3) is 20.8 Å². The zero-order valence-corrected chi connectivity index (χ0v) is 10.7. The molecule has 2 aromatic carbocycles. The lowest BCUT2D eigenvalue weighted by molar-refractivity contribution is -0.528. The number of hydrogen-bond acceptors (Lipinski definition) is 2. The van der Waals surface area contributed by atoms with Gasteiger partial charge in [0.15, 0.2) is 0 Å². The molecular formula is C15H11NOS. The minimum atomic E-state index is 0.0163. The molecule has 0 aliphatic heterocycles. The molecular weight excluding hydrogens is 242 g/mol. The fourth-order valence-corrected chi connectivity index (χ4v) is 3.16. The molecule has 0 aliphatic rings. The van der Waals surface area contributed by atoms with E-state index in [0.29, 0.717) is 0 Å². The summed E-state index contributed by atoms with van der Waals surface area (Å²) in [5.41, 5.74) is 1.91. The average molecular weight is 253 g/mol. The van der Waals surface area contributed by atoms with Crippen LogP contribution in [0.3, 0.4) is 0 Å². The van der Waals surface area contributed by atoms with Gasteiger partial charge in [0.05, 0.1) is 12.5 Å². The Labute approximate surface area is 109 Å². The van der Waals surface area contributed by atoms with Crippen LogP contribution < -0.4 is 4.57 Å². The zero-order chi connectivity index (χ0) is 12.5. The smallest absolute Gasteiger partial charge is 0.220 e. The highest BCUT2D eigenvalue weighted by atomic mass is 32.1. The molecule has 0 saturated heterocycles. The summed E-state index contributed by atoms with van der Waals surface area (Å²) in [6.45, 7) is 1.58. The van der Waals surface area contributed by atoms with Gasteiger partial charge >= 0.3 is 5.91 Å². The van der Waals surface area contributed by atoms with E-state index in [1.807, 2.05) is 48.5 Å². The molecule has 0 N–H and O–H groups in total. The van der Waals surface area contributed by atoms with Crippen molar-refractivity contribution in [3.05, 3.63) is 54.6 Å². The number of carbonyl (C=O) groups excluding carboxylic acids is 1. The quantitative estimate of drug-likeness (QED) is 0.481. The standard InChI is InChI=1S/C15H11NOS/c1-11(17)16-13-9-5-6-10-14(13)18-15(16)12-7-3-2-4-8-12/h2-8,10H,1H3. The van der Waals surface area contributed by atoms with E-state index in [0.717, 1.165) is 20.8 Å². The van der Waals surface area contributed by atoms with Gasteiger partial charge in [0.25, 0.3) is 5.01 Å². The number of carbonyl (C=O) groups is 1. The first kappa shape index (κ1) is 11.1. The molecule has 0 unspecified atom stereocenters. The molecule has 1 heterocycles. The molecule has 0 aliphatic carbocycles. The molecule has 0 radical (unpaired) electrons. The number of thiazole rings is 1. The van der Waals surface area contributed by atoms with E-state index in [4.69, 9.17) is 0 Å². The number of benzene rings is 2. The van der Waals surface area contributed by atoms with E-state index in [9.17, 15) is 4.79 Å². The first-order valence-corrected chi connectivity index (χ1v) is 6.50. The molecule has 0 atom stereocenters. The van der Waals surface area contributed by atoms with Crippen LogP contribution in [0.1, 0.15) is 11.7 Å². The van der Waals surface area contributed by atoms with E-state index in [-0.39, 0.29) is 5.91 Å². The summed E-state index contributed by atoms with van der Waals surface area (Å²) in [5, 5.41) is 0.959. The lowest BCUT2D eigenvalue weighted by atomic mass is 10.2. The summed E-state index contributed by atoms with van der Waals surface area (Å²) in [5.74, 6) is 0.0163. The average Bonchev–Trinajstić information content (AvgIpc) is 2.79. The van der Waals surface area contributed by atoms with Crippen LogP contribution in [0.4, 0.5) is 0 Å².